The van der Waals surface area contributed by atoms with Crippen molar-refractivity contribution in [2.45, 2.75) is 20.8 Å². The summed E-state index contributed by atoms with van der Waals surface area (Å²) in [4.78, 5) is 25.0. The topological polar surface area (TPSA) is 69.6 Å². The summed E-state index contributed by atoms with van der Waals surface area (Å²) in [6, 6.07) is 4.23. The molecule has 0 saturated carbocycles. The number of nitrogens with one attached hydrogen (secondary N) is 1. The van der Waals surface area contributed by atoms with Crippen LogP contribution in [0.1, 0.15) is 31.1 Å². The Morgan fingerprint density at radius 2 is 2.05 bits per heavy atom. The second-order valence-corrected chi connectivity index (χ2v) is 5.68. The van der Waals surface area contributed by atoms with E-state index in [0.29, 0.717) is 16.6 Å². The summed E-state index contributed by atoms with van der Waals surface area (Å²) in [7, 11) is 0. The van der Waals surface area contributed by atoms with Crippen molar-refractivity contribution >= 4 is 29.2 Å². The molecule has 0 spiro atoms. The third-order valence-corrected chi connectivity index (χ3v) is 3.25. The van der Waals surface area contributed by atoms with Crippen molar-refractivity contribution in [2.75, 3.05) is 25.0 Å². The molecule has 5 nitrogen and oxygen atoms in total. The molecule has 2 N–H and O–H groups in total. The molecule has 116 valence electrons. The number of carbonyl (C=O) groups is 2. The molecule has 1 aromatic carbocycles. The van der Waals surface area contributed by atoms with Crippen molar-refractivity contribution in [3.8, 4) is 0 Å². The van der Waals surface area contributed by atoms with E-state index in [2.05, 4.69) is 19.2 Å². The van der Waals surface area contributed by atoms with E-state index in [-0.39, 0.29) is 18.0 Å². The largest absolute Gasteiger partial charge is 0.478 e. The highest BCUT2D eigenvalue weighted by Gasteiger charge is 2.13. The van der Waals surface area contributed by atoms with Crippen molar-refractivity contribution in [2.24, 2.45) is 5.92 Å². The second-order valence-electron chi connectivity index (χ2n) is 5.27. The van der Waals surface area contributed by atoms with Gasteiger partial charge in [0.25, 0.3) is 0 Å². The lowest BCUT2D eigenvalue weighted by molar-refractivity contribution is -0.117. The molecule has 0 aromatic heterocycles. The fraction of sp³-hybridized carbons (Fsp3) is 0.467. The smallest absolute Gasteiger partial charge is 0.335 e. The molecule has 21 heavy (non-hydrogen) atoms. The molecule has 0 saturated heterocycles. The van der Waals surface area contributed by atoms with E-state index in [1.54, 1.807) is 0 Å². The number of amides is 1. The third-order valence-electron chi connectivity index (χ3n) is 2.93. The van der Waals surface area contributed by atoms with Crippen LogP contribution < -0.4 is 5.32 Å². The maximum Gasteiger partial charge on any atom is 0.335 e. The second kappa shape index (κ2) is 8.00. The molecule has 0 bridgehead atoms. The number of anilines is 1. The van der Waals surface area contributed by atoms with Crippen LogP contribution in [-0.4, -0.2) is 41.5 Å². The van der Waals surface area contributed by atoms with Gasteiger partial charge in [0.15, 0.2) is 0 Å². The van der Waals surface area contributed by atoms with Crippen molar-refractivity contribution in [1.29, 1.82) is 0 Å². The van der Waals surface area contributed by atoms with Gasteiger partial charge < -0.3 is 10.4 Å². The summed E-state index contributed by atoms with van der Waals surface area (Å²) in [5.41, 5.74) is 0.409. The highest BCUT2D eigenvalue weighted by molar-refractivity contribution is 6.33. The van der Waals surface area contributed by atoms with Gasteiger partial charge in [-0.3, -0.25) is 9.69 Å². The van der Waals surface area contributed by atoms with Crippen LogP contribution in [0.3, 0.4) is 0 Å². The highest BCUT2D eigenvalue weighted by atomic mass is 35.5. The third kappa shape index (κ3) is 5.73. The minimum Gasteiger partial charge on any atom is -0.478 e. The number of hydrogen-bond donors (Lipinski definition) is 2. The SMILES string of the molecule is CCN(CC(=O)Nc1cc(C(=O)O)ccc1Cl)CC(C)C. The Hall–Kier alpha value is -1.59. The molecule has 0 unspecified atom stereocenters. The molecule has 0 aliphatic rings. The minimum atomic E-state index is -1.06. The maximum atomic E-state index is 12.0. The molecule has 0 atom stereocenters. The summed E-state index contributed by atoms with van der Waals surface area (Å²) in [5.74, 6) is -0.796. The van der Waals surface area contributed by atoms with Gasteiger partial charge in [0, 0.05) is 6.54 Å². The number of carbonyl (C=O) groups excluding carboxylic acids is 1. The number of hydrogen-bond acceptors (Lipinski definition) is 3. The summed E-state index contributed by atoms with van der Waals surface area (Å²) in [5, 5.41) is 11.9. The normalized spacial score (nSPS) is 11.0. The number of likely N-dealkylation sites (N-methyl/N-ethyl adjacent to an activating group) is 1. The van der Waals surface area contributed by atoms with Crippen LogP contribution in [0.5, 0.6) is 0 Å². The summed E-state index contributed by atoms with van der Waals surface area (Å²) < 4.78 is 0. The minimum absolute atomic E-state index is 0.0872. The van der Waals surface area contributed by atoms with Crippen LogP contribution >= 0.6 is 11.6 Å². The lowest BCUT2D eigenvalue weighted by Gasteiger charge is -2.22. The average Bonchev–Trinajstić information content (AvgIpc) is 2.39. The first kappa shape index (κ1) is 17.5. The number of halogens is 1. The zero-order valence-corrected chi connectivity index (χ0v) is 13.3. The van der Waals surface area contributed by atoms with E-state index in [4.69, 9.17) is 16.7 Å². The standard InChI is InChI=1S/C15H21ClN2O3/c1-4-18(8-10(2)3)9-14(19)17-13-7-11(15(20)21)5-6-12(13)16/h5-7,10H,4,8-9H2,1-3H3,(H,17,19)(H,20,21). The Bertz CT molecular complexity index is 518. The molecule has 1 amide bonds. The molecule has 1 rings (SSSR count). The Morgan fingerprint density at radius 1 is 1.38 bits per heavy atom. The van der Waals surface area contributed by atoms with E-state index < -0.39 is 5.97 Å². The van der Waals surface area contributed by atoms with Gasteiger partial charge in [-0.15, -0.1) is 0 Å². The predicted octanol–water partition coefficient (Wildman–Crippen LogP) is 2.95. The van der Waals surface area contributed by atoms with Gasteiger partial charge in [0.05, 0.1) is 22.8 Å². The molecular weight excluding hydrogens is 292 g/mol. The van der Waals surface area contributed by atoms with Gasteiger partial charge in [0.1, 0.15) is 0 Å². The van der Waals surface area contributed by atoms with Crippen molar-refractivity contribution < 1.29 is 14.7 Å². The molecule has 0 aliphatic carbocycles. The van der Waals surface area contributed by atoms with Crippen molar-refractivity contribution in [3.05, 3.63) is 28.8 Å². The maximum absolute atomic E-state index is 12.0. The van der Waals surface area contributed by atoms with E-state index >= 15 is 0 Å². The van der Waals surface area contributed by atoms with Crippen LogP contribution in [0.25, 0.3) is 0 Å². The molecule has 1 aromatic rings. The quantitative estimate of drug-likeness (QED) is 0.812. The molecule has 0 aliphatic heterocycles. The van der Waals surface area contributed by atoms with Gasteiger partial charge >= 0.3 is 5.97 Å². The van der Waals surface area contributed by atoms with Gasteiger partial charge in [-0.1, -0.05) is 32.4 Å². The molecule has 0 fully saturated rings. The number of benzene rings is 1. The van der Waals surface area contributed by atoms with E-state index in [9.17, 15) is 9.59 Å². The number of aromatic carboxylic acids is 1. The van der Waals surface area contributed by atoms with Crippen LogP contribution in [0, 0.1) is 5.92 Å². The average molecular weight is 313 g/mol. The van der Waals surface area contributed by atoms with Gasteiger partial charge in [0.2, 0.25) is 5.91 Å². The van der Waals surface area contributed by atoms with Crippen molar-refractivity contribution in [1.82, 2.24) is 4.90 Å². The van der Waals surface area contributed by atoms with Gasteiger partial charge in [-0.25, -0.2) is 4.79 Å². The fourth-order valence-corrected chi connectivity index (χ4v) is 2.13. The number of carboxylic acids is 1. The summed E-state index contributed by atoms with van der Waals surface area (Å²) in [6.07, 6.45) is 0. The Labute approximate surface area is 129 Å². The van der Waals surface area contributed by atoms with E-state index in [1.165, 1.54) is 18.2 Å². The monoisotopic (exact) mass is 312 g/mol. The first-order chi connectivity index (χ1) is 9.83. The zero-order chi connectivity index (χ0) is 16.0. The molecule has 0 radical (unpaired) electrons. The van der Waals surface area contributed by atoms with Gasteiger partial charge in [-0.2, -0.15) is 0 Å². The predicted molar refractivity (Wildman–Crippen MR) is 84.0 cm³/mol. The highest BCUT2D eigenvalue weighted by Crippen LogP contribution is 2.23. The lowest BCUT2D eigenvalue weighted by atomic mass is 10.2. The summed E-state index contributed by atoms with van der Waals surface area (Å²) >= 11 is 5.98. The molecule has 6 heteroatoms. The number of rotatable bonds is 7. The van der Waals surface area contributed by atoms with Crippen LogP contribution in [-0.2, 0) is 4.79 Å². The van der Waals surface area contributed by atoms with Crippen LogP contribution in [0.15, 0.2) is 18.2 Å². The molecule has 0 heterocycles. The van der Waals surface area contributed by atoms with E-state index in [1.807, 2.05) is 11.8 Å². The Morgan fingerprint density at radius 3 is 2.57 bits per heavy atom. The first-order valence-electron chi connectivity index (χ1n) is 6.88. The fourth-order valence-electron chi connectivity index (χ4n) is 1.97. The summed E-state index contributed by atoms with van der Waals surface area (Å²) in [6.45, 7) is 8.03. The van der Waals surface area contributed by atoms with Crippen LogP contribution in [0.4, 0.5) is 5.69 Å². The van der Waals surface area contributed by atoms with Crippen LogP contribution in [0.2, 0.25) is 5.02 Å². The molecular formula is C15H21ClN2O3. The lowest BCUT2D eigenvalue weighted by Crippen LogP contribution is -2.35. The van der Waals surface area contributed by atoms with Crippen molar-refractivity contribution in [3.63, 3.8) is 0 Å². The Kier molecular flexibility index (Phi) is 6.65. The Balaban J connectivity index is 2.74. The van der Waals surface area contributed by atoms with Gasteiger partial charge in [-0.05, 0) is 30.7 Å². The first-order valence-corrected chi connectivity index (χ1v) is 7.26. The number of nitrogens with zero attached hydrogens (tertiary/aromatic N) is 1. The zero-order valence-electron chi connectivity index (χ0n) is 12.5. The van der Waals surface area contributed by atoms with E-state index in [0.717, 1.165) is 13.1 Å². The number of carboxylic acid groups (broad SMARTS) is 1.